The van der Waals surface area contributed by atoms with Crippen molar-refractivity contribution in [2.75, 3.05) is 33.0 Å². The second kappa shape index (κ2) is 8.95. The van der Waals surface area contributed by atoms with E-state index in [-0.39, 0.29) is 0 Å². The van der Waals surface area contributed by atoms with Crippen molar-refractivity contribution < 1.29 is 14.2 Å². The van der Waals surface area contributed by atoms with Gasteiger partial charge in [-0.1, -0.05) is 18.2 Å². The molecule has 0 aliphatic carbocycles. The molecule has 1 aromatic rings. The summed E-state index contributed by atoms with van der Waals surface area (Å²) in [6.45, 7) is 5.84. The summed E-state index contributed by atoms with van der Waals surface area (Å²) < 4.78 is 16.7. The molecule has 1 heterocycles. The van der Waals surface area contributed by atoms with Crippen LogP contribution < -0.4 is 10.1 Å². The number of rotatable bonds is 9. The molecular weight excluding hydrogens is 254 g/mol. The van der Waals surface area contributed by atoms with Crippen LogP contribution in [0.15, 0.2) is 30.3 Å². The zero-order chi connectivity index (χ0) is 14.0. The molecule has 2 atom stereocenters. The van der Waals surface area contributed by atoms with E-state index in [0.29, 0.717) is 32.0 Å². The summed E-state index contributed by atoms with van der Waals surface area (Å²) in [4.78, 5) is 0. The Balaban J connectivity index is 1.43. The zero-order valence-electron chi connectivity index (χ0n) is 12.2. The van der Waals surface area contributed by atoms with Gasteiger partial charge in [0.05, 0.1) is 19.3 Å². The first kappa shape index (κ1) is 15.3. The predicted molar refractivity (Wildman–Crippen MR) is 79.2 cm³/mol. The van der Waals surface area contributed by atoms with Crippen molar-refractivity contribution in [3.63, 3.8) is 0 Å². The maximum Gasteiger partial charge on any atom is 0.119 e. The minimum absolute atomic E-state index is 0.372. The third-order valence-electron chi connectivity index (χ3n) is 3.47. The molecule has 0 radical (unpaired) electrons. The van der Waals surface area contributed by atoms with Gasteiger partial charge in [-0.25, -0.2) is 0 Å². The number of ether oxygens (including phenoxy) is 3. The highest BCUT2D eigenvalue weighted by molar-refractivity contribution is 5.20. The first-order valence-electron chi connectivity index (χ1n) is 7.47. The van der Waals surface area contributed by atoms with Gasteiger partial charge in [-0.05, 0) is 31.9 Å². The van der Waals surface area contributed by atoms with E-state index < -0.39 is 0 Å². The lowest BCUT2D eigenvalue weighted by Gasteiger charge is -2.19. The quantitative estimate of drug-likeness (QED) is 0.704. The maximum atomic E-state index is 5.64. The van der Waals surface area contributed by atoms with E-state index in [4.69, 9.17) is 14.2 Å². The topological polar surface area (TPSA) is 39.7 Å². The van der Waals surface area contributed by atoms with E-state index in [2.05, 4.69) is 12.2 Å². The molecule has 0 saturated carbocycles. The molecule has 112 valence electrons. The zero-order valence-corrected chi connectivity index (χ0v) is 12.2. The normalized spacial score (nSPS) is 19.9. The Morgan fingerprint density at radius 1 is 1.25 bits per heavy atom. The Bertz CT molecular complexity index is 352. The molecule has 0 aromatic heterocycles. The van der Waals surface area contributed by atoms with Crippen LogP contribution in [0.3, 0.4) is 0 Å². The highest BCUT2D eigenvalue weighted by atomic mass is 16.5. The summed E-state index contributed by atoms with van der Waals surface area (Å²) in [5.41, 5.74) is 0. The van der Waals surface area contributed by atoms with Gasteiger partial charge in [0.2, 0.25) is 0 Å². The number of benzene rings is 1. The molecule has 1 saturated heterocycles. The van der Waals surface area contributed by atoms with Gasteiger partial charge < -0.3 is 19.5 Å². The fourth-order valence-corrected chi connectivity index (χ4v) is 2.32. The average molecular weight is 279 g/mol. The Labute approximate surface area is 121 Å². The minimum atomic E-state index is 0.372. The van der Waals surface area contributed by atoms with Crippen LogP contribution in [-0.2, 0) is 9.47 Å². The van der Waals surface area contributed by atoms with Gasteiger partial charge in [-0.2, -0.15) is 0 Å². The Morgan fingerprint density at radius 3 is 2.85 bits per heavy atom. The lowest BCUT2D eigenvalue weighted by molar-refractivity contribution is 0.0722. The van der Waals surface area contributed by atoms with Crippen LogP contribution in [0, 0.1) is 0 Å². The van der Waals surface area contributed by atoms with E-state index >= 15 is 0 Å². The Hall–Kier alpha value is -1.10. The molecule has 2 rings (SSSR count). The standard InChI is InChI=1S/C16H25NO3/c1-14(16-8-5-10-20-16)17-9-11-18-12-13-19-15-6-3-2-4-7-15/h2-4,6-7,14,16-17H,5,8-13H2,1H3. The van der Waals surface area contributed by atoms with E-state index in [1.165, 1.54) is 12.8 Å². The highest BCUT2D eigenvalue weighted by Crippen LogP contribution is 2.15. The van der Waals surface area contributed by atoms with Crippen LogP contribution in [-0.4, -0.2) is 45.1 Å². The Kier molecular flexibility index (Phi) is 6.84. The summed E-state index contributed by atoms with van der Waals surface area (Å²) in [5.74, 6) is 0.890. The molecule has 0 amide bonds. The maximum absolute atomic E-state index is 5.64. The van der Waals surface area contributed by atoms with Crippen molar-refractivity contribution in [1.29, 1.82) is 0 Å². The molecule has 4 nitrogen and oxygen atoms in total. The Morgan fingerprint density at radius 2 is 2.10 bits per heavy atom. The third-order valence-corrected chi connectivity index (χ3v) is 3.47. The molecule has 1 fully saturated rings. The van der Waals surface area contributed by atoms with Gasteiger partial charge in [-0.3, -0.25) is 0 Å². The van der Waals surface area contributed by atoms with E-state index in [1.54, 1.807) is 0 Å². The van der Waals surface area contributed by atoms with Crippen LogP contribution >= 0.6 is 0 Å². The summed E-state index contributed by atoms with van der Waals surface area (Å²) in [5, 5.41) is 3.44. The van der Waals surface area contributed by atoms with Crippen molar-refractivity contribution in [2.45, 2.75) is 31.9 Å². The van der Waals surface area contributed by atoms with Gasteiger partial charge in [-0.15, -0.1) is 0 Å². The molecular formula is C16H25NO3. The first-order valence-corrected chi connectivity index (χ1v) is 7.47. The van der Waals surface area contributed by atoms with Crippen molar-refractivity contribution in [1.82, 2.24) is 5.32 Å². The van der Waals surface area contributed by atoms with Gasteiger partial charge in [0.15, 0.2) is 0 Å². The van der Waals surface area contributed by atoms with E-state index in [9.17, 15) is 0 Å². The van der Waals surface area contributed by atoms with Crippen molar-refractivity contribution >= 4 is 0 Å². The van der Waals surface area contributed by atoms with E-state index in [0.717, 1.165) is 18.9 Å². The number of hydrogen-bond donors (Lipinski definition) is 1. The molecule has 0 bridgehead atoms. The molecule has 4 heteroatoms. The lowest BCUT2D eigenvalue weighted by atomic mass is 10.1. The molecule has 1 aromatic carbocycles. The van der Waals surface area contributed by atoms with Crippen LogP contribution in [0.2, 0.25) is 0 Å². The molecule has 2 unspecified atom stereocenters. The summed E-state index contributed by atoms with van der Waals surface area (Å²) >= 11 is 0. The minimum Gasteiger partial charge on any atom is -0.491 e. The molecule has 0 spiro atoms. The van der Waals surface area contributed by atoms with Crippen molar-refractivity contribution in [2.24, 2.45) is 0 Å². The summed E-state index contributed by atoms with van der Waals surface area (Å²) in [6.07, 6.45) is 2.72. The van der Waals surface area contributed by atoms with Crippen molar-refractivity contribution in [3.8, 4) is 5.75 Å². The van der Waals surface area contributed by atoms with E-state index in [1.807, 2.05) is 30.3 Å². The largest absolute Gasteiger partial charge is 0.491 e. The number of para-hydroxylation sites is 1. The third kappa shape index (κ3) is 5.49. The van der Waals surface area contributed by atoms with Crippen LogP contribution in [0.25, 0.3) is 0 Å². The number of nitrogens with one attached hydrogen (secondary N) is 1. The van der Waals surface area contributed by atoms with Crippen molar-refractivity contribution in [3.05, 3.63) is 30.3 Å². The van der Waals surface area contributed by atoms with Crippen LogP contribution in [0.1, 0.15) is 19.8 Å². The number of hydrogen-bond acceptors (Lipinski definition) is 4. The fourth-order valence-electron chi connectivity index (χ4n) is 2.32. The van der Waals surface area contributed by atoms with Gasteiger partial charge >= 0.3 is 0 Å². The molecule has 1 aliphatic rings. The monoisotopic (exact) mass is 279 g/mol. The van der Waals surface area contributed by atoms with Gasteiger partial charge in [0, 0.05) is 19.2 Å². The van der Waals surface area contributed by atoms with Crippen LogP contribution in [0.5, 0.6) is 5.75 Å². The molecule has 1 aliphatic heterocycles. The second-order valence-electron chi connectivity index (χ2n) is 5.07. The average Bonchev–Trinajstić information content (AvgIpc) is 3.01. The summed E-state index contributed by atoms with van der Waals surface area (Å²) in [7, 11) is 0. The lowest BCUT2D eigenvalue weighted by Crippen LogP contribution is -2.38. The van der Waals surface area contributed by atoms with Crippen LogP contribution in [0.4, 0.5) is 0 Å². The highest BCUT2D eigenvalue weighted by Gasteiger charge is 2.21. The first-order chi connectivity index (χ1) is 9.86. The fraction of sp³-hybridized carbons (Fsp3) is 0.625. The smallest absolute Gasteiger partial charge is 0.119 e. The second-order valence-corrected chi connectivity index (χ2v) is 5.07. The summed E-state index contributed by atoms with van der Waals surface area (Å²) in [6, 6.07) is 10.2. The SMILES string of the molecule is CC(NCCOCCOc1ccccc1)C1CCCO1. The predicted octanol–water partition coefficient (Wildman–Crippen LogP) is 2.24. The van der Waals surface area contributed by atoms with Gasteiger partial charge in [0.1, 0.15) is 12.4 Å². The molecule has 20 heavy (non-hydrogen) atoms. The van der Waals surface area contributed by atoms with Gasteiger partial charge in [0.25, 0.3) is 0 Å². The molecule has 1 N–H and O–H groups in total.